The average molecular weight is 372 g/mol. The van der Waals surface area contributed by atoms with Crippen molar-refractivity contribution in [2.24, 2.45) is 0 Å². The minimum atomic E-state index is 0.239. The van der Waals surface area contributed by atoms with Crippen LogP contribution >= 0.6 is 11.3 Å². The van der Waals surface area contributed by atoms with Crippen molar-refractivity contribution in [2.75, 3.05) is 5.32 Å². The van der Waals surface area contributed by atoms with Gasteiger partial charge in [0.2, 0.25) is 5.82 Å². The van der Waals surface area contributed by atoms with Gasteiger partial charge in [-0.25, -0.2) is 4.98 Å². The van der Waals surface area contributed by atoms with Crippen LogP contribution in [-0.4, -0.2) is 30.6 Å². The number of allylic oxidation sites excluding steroid dienone is 1. The van der Waals surface area contributed by atoms with Crippen molar-refractivity contribution >= 4 is 22.6 Å². The molecule has 3 heterocycles. The largest absolute Gasteiger partial charge is 0.360 e. The van der Waals surface area contributed by atoms with Crippen molar-refractivity contribution in [3.8, 4) is 27.9 Å². The lowest BCUT2D eigenvalue weighted by molar-refractivity contribution is 0.881. The van der Waals surface area contributed by atoms with Gasteiger partial charge in [-0.3, -0.25) is 4.98 Å². The number of nitrogens with one attached hydrogen (secondary N) is 2. The number of aromatic amines is 1. The maximum Gasteiger partial charge on any atom is 0.216 e. The number of nitriles is 1. The molecule has 1 aromatic carbocycles. The molecule has 0 aliphatic carbocycles. The Labute approximate surface area is 158 Å². The number of pyridine rings is 1. The zero-order chi connectivity index (χ0) is 18.5. The predicted molar refractivity (Wildman–Crippen MR) is 102 cm³/mol. The summed E-state index contributed by atoms with van der Waals surface area (Å²) in [7, 11) is 0. The summed E-state index contributed by atoms with van der Waals surface area (Å²) < 4.78 is 0. The van der Waals surface area contributed by atoms with Crippen LogP contribution in [0.25, 0.3) is 27.4 Å². The molecule has 0 amide bonds. The summed E-state index contributed by atoms with van der Waals surface area (Å²) in [5.74, 6) is 0.239. The molecule has 0 atom stereocenters. The van der Waals surface area contributed by atoms with E-state index in [0.717, 1.165) is 27.5 Å². The van der Waals surface area contributed by atoms with E-state index in [1.807, 2.05) is 47.8 Å². The third-order valence-corrected chi connectivity index (χ3v) is 4.57. The number of thiazole rings is 1. The van der Waals surface area contributed by atoms with Gasteiger partial charge in [-0.05, 0) is 29.5 Å². The molecule has 0 aliphatic heterocycles. The van der Waals surface area contributed by atoms with E-state index in [9.17, 15) is 5.26 Å². The lowest BCUT2D eigenvalue weighted by atomic mass is 10.2. The second-order valence-corrected chi connectivity index (χ2v) is 6.26. The zero-order valence-electron chi connectivity index (χ0n) is 13.9. The van der Waals surface area contributed by atoms with E-state index in [1.165, 1.54) is 0 Å². The van der Waals surface area contributed by atoms with Crippen molar-refractivity contribution in [2.45, 2.75) is 0 Å². The van der Waals surface area contributed by atoms with Crippen LogP contribution < -0.4 is 5.32 Å². The topological polar surface area (TPSA) is 116 Å². The normalized spacial score (nSPS) is 11.1. The first kappa shape index (κ1) is 16.6. The summed E-state index contributed by atoms with van der Waals surface area (Å²) in [6.07, 6.45) is 5.05. The van der Waals surface area contributed by atoms with E-state index in [1.54, 1.807) is 29.9 Å². The summed E-state index contributed by atoms with van der Waals surface area (Å²) >= 11 is 1.57. The standard InChI is InChI=1S/C18H12N8S/c19-9-14(17-23-25-26-24-17)10-21-15-3-1-2-13(8-15)18-22-16(11-27-18)12-4-6-20-7-5-12/h1-8,10-11,21H,(H,23,24,25,26). The van der Waals surface area contributed by atoms with Gasteiger partial charge in [0.25, 0.3) is 0 Å². The summed E-state index contributed by atoms with van der Waals surface area (Å²) in [4.78, 5) is 8.74. The van der Waals surface area contributed by atoms with E-state index in [2.05, 4.69) is 30.9 Å². The van der Waals surface area contributed by atoms with Gasteiger partial charge in [0.1, 0.15) is 16.6 Å². The van der Waals surface area contributed by atoms with Crippen molar-refractivity contribution in [1.29, 1.82) is 5.26 Å². The number of aromatic nitrogens is 6. The smallest absolute Gasteiger partial charge is 0.216 e. The minimum Gasteiger partial charge on any atom is -0.360 e. The Bertz CT molecular complexity index is 1110. The molecule has 0 saturated carbocycles. The number of nitrogens with zero attached hydrogens (tertiary/aromatic N) is 6. The molecule has 130 valence electrons. The number of rotatable bonds is 5. The first-order valence-corrected chi connectivity index (χ1v) is 8.78. The van der Waals surface area contributed by atoms with E-state index >= 15 is 0 Å². The Kier molecular flexibility index (Phi) is 4.63. The van der Waals surface area contributed by atoms with Gasteiger partial charge in [0.05, 0.1) is 5.69 Å². The second kappa shape index (κ2) is 7.55. The van der Waals surface area contributed by atoms with Crippen LogP contribution in [0.4, 0.5) is 5.69 Å². The highest BCUT2D eigenvalue weighted by Gasteiger charge is 2.08. The number of benzene rings is 1. The van der Waals surface area contributed by atoms with Gasteiger partial charge in [0.15, 0.2) is 0 Å². The highest BCUT2D eigenvalue weighted by molar-refractivity contribution is 7.13. The molecular formula is C18H12N8S. The SMILES string of the molecule is N#CC(=CNc1cccc(-c2nc(-c3ccncc3)cs2)c1)c1nn[nH]n1. The number of H-pyrrole nitrogens is 1. The van der Waals surface area contributed by atoms with Gasteiger partial charge in [-0.2, -0.15) is 10.5 Å². The van der Waals surface area contributed by atoms with Gasteiger partial charge < -0.3 is 5.32 Å². The Balaban J connectivity index is 1.57. The van der Waals surface area contributed by atoms with E-state index < -0.39 is 0 Å². The summed E-state index contributed by atoms with van der Waals surface area (Å²) in [6, 6.07) is 13.7. The first-order chi connectivity index (χ1) is 13.3. The fourth-order valence-electron chi connectivity index (χ4n) is 2.38. The lowest BCUT2D eigenvalue weighted by Crippen LogP contribution is -1.93. The number of tetrazole rings is 1. The van der Waals surface area contributed by atoms with E-state index in [0.29, 0.717) is 0 Å². The molecule has 2 N–H and O–H groups in total. The Morgan fingerprint density at radius 3 is 2.85 bits per heavy atom. The van der Waals surface area contributed by atoms with Crippen molar-refractivity contribution in [3.05, 3.63) is 66.2 Å². The predicted octanol–water partition coefficient (Wildman–Crippen LogP) is 3.36. The number of anilines is 1. The molecule has 0 radical (unpaired) electrons. The number of hydrogen-bond acceptors (Lipinski definition) is 8. The molecule has 0 spiro atoms. The van der Waals surface area contributed by atoms with Crippen LogP contribution in [0.3, 0.4) is 0 Å². The van der Waals surface area contributed by atoms with Crippen LogP contribution in [0.5, 0.6) is 0 Å². The minimum absolute atomic E-state index is 0.239. The number of hydrogen-bond donors (Lipinski definition) is 2. The van der Waals surface area contributed by atoms with Crippen molar-refractivity contribution in [1.82, 2.24) is 30.6 Å². The van der Waals surface area contributed by atoms with Crippen LogP contribution in [0, 0.1) is 11.3 Å². The fourth-order valence-corrected chi connectivity index (χ4v) is 3.21. The van der Waals surface area contributed by atoms with E-state index in [-0.39, 0.29) is 11.4 Å². The van der Waals surface area contributed by atoms with Gasteiger partial charge in [-0.1, -0.05) is 12.1 Å². The lowest BCUT2D eigenvalue weighted by Gasteiger charge is -2.03. The molecule has 8 nitrogen and oxygen atoms in total. The molecule has 3 aromatic heterocycles. The van der Waals surface area contributed by atoms with Gasteiger partial charge in [0, 0.05) is 40.8 Å². The summed E-state index contributed by atoms with van der Waals surface area (Å²) in [5, 5.41) is 28.7. The third kappa shape index (κ3) is 3.70. The summed E-state index contributed by atoms with van der Waals surface area (Å²) in [5.41, 5.74) is 4.03. The van der Waals surface area contributed by atoms with E-state index in [4.69, 9.17) is 4.98 Å². The molecule has 0 fully saturated rings. The Morgan fingerprint density at radius 1 is 1.19 bits per heavy atom. The average Bonchev–Trinajstić information content (AvgIpc) is 3.42. The van der Waals surface area contributed by atoms with Crippen LogP contribution in [-0.2, 0) is 0 Å². The third-order valence-electron chi connectivity index (χ3n) is 3.68. The molecular weight excluding hydrogens is 360 g/mol. The van der Waals surface area contributed by atoms with Crippen molar-refractivity contribution < 1.29 is 0 Å². The van der Waals surface area contributed by atoms with Crippen molar-refractivity contribution in [3.63, 3.8) is 0 Å². The van der Waals surface area contributed by atoms with Gasteiger partial charge >= 0.3 is 0 Å². The maximum absolute atomic E-state index is 9.23. The highest BCUT2D eigenvalue weighted by Crippen LogP contribution is 2.30. The maximum atomic E-state index is 9.23. The molecule has 0 saturated heterocycles. The van der Waals surface area contributed by atoms with Crippen LogP contribution in [0.2, 0.25) is 0 Å². The Morgan fingerprint density at radius 2 is 2.07 bits per heavy atom. The fraction of sp³-hybridized carbons (Fsp3) is 0. The molecule has 0 bridgehead atoms. The first-order valence-electron chi connectivity index (χ1n) is 7.90. The molecule has 4 aromatic rings. The monoisotopic (exact) mass is 372 g/mol. The summed E-state index contributed by atoms with van der Waals surface area (Å²) in [6.45, 7) is 0. The molecule has 0 unspecified atom stereocenters. The molecule has 27 heavy (non-hydrogen) atoms. The Hall–Kier alpha value is -3.90. The zero-order valence-corrected chi connectivity index (χ0v) is 14.7. The van der Waals surface area contributed by atoms with Gasteiger partial charge in [-0.15, -0.1) is 21.5 Å². The quantitative estimate of drug-likeness (QED) is 0.516. The molecule has 0 aliphatic rings. The highest BCUT2D eigenvalue weighted by atomic mass is 32.1. The van der Waals surface area contributed by atoms with Crippen LogP contribution in [0.1, 0.15) is 5.82 Å². The van der Waals surface area contributed by atoms with Crippen LogP contribution in [0.15, 0.2) is 60.4 Å². The molecule has 4 rings (SSSR count). The second-order valence-electron chi connectivity index (χ2n) is 5.40. The molecule has 9 heteroatoms.